The number of benzene rings is 2. The highest BCUT2D eigenvalue weighted by atomic mass is 16.2. The predicted octanol–water partition coefficient (Wildman–Crippen LogP) is 3.87. The van der Waals surface area contributed by atoms with E-state index in [1.165, 1.54) is 10.5 Å². The van der Waals surface area contributed by atoms with Crippen molar-refractivity contribution in [2.24, 2.45) is 23.7 Å². The summed E-state index contributed by atoms with van der Waals surface area (Å²) >= 11 is 0. The average Bonchev–Trinajstić information content (AvgIpc) is 3.39. The van der Waals surface area contributed by atoms with Crippen molar-refractivity contribution in [3.05, 3.63) is 71.3 Å². The van der Waals surface area contributed by atoms with Gasteiger partial charge in [0.25, 0.3) is 5.91 Å². The maximum atomic E-state index is 12.9. The number of fused-ring (bicyclic) bond motifs is 5. The Kier molecular flexibility index (Phi) is 3.95. The molecule has 0 unspecified atom stereocenters. The lowest BCUT2D eigenvalue weighted by Crippen LogP contribution is -2.32. The molecule has 2 aromatic carbocycles. The highest BCUT2D eigenvalue weighted by Gasteiger charge is 2.59. The van der Waals surface area contributed by atoms with E-state index in [-0.39, 0.29) is 41.4 Å². The van der Waals surface area contributed by atoms with Gasteiger partial charge in [0.05, 0.1) is 17.5 Å². The van der Waals surface area contributed by atoms with Crippen LogP contribution >= 0.6 is 0 Å². The van der Waals surface area contributed by atoms with Crippen LogP contribution in [0.15, 0.2) is 54.6 Å². The molecule has 2 aromatic rings. The summed E-state index contributed by atoms with van der Waals surface area (Å²) in [7, 11) is 0. The Morgan fingerprint density at radius 2 is 1.52 bits per heavy atom. The molecule has 5 nitrogen and oxygen atoms in total. The molecule has 4 atom stereocenters. The van der Waals surface area contributed by atoms with Crippen LogP contribution in [0.4, 0.5) is 11.4 Å². The number of aryl methyl sites for hydroxylation is 2. The van der Waals surface area contributed by atoms with E-state index in [0.717, 1.165) is 17.7 Å². The second-order valence-corrected chi connectivity index (χ2v) is 8.31. The van der Waals surface area contributed by atoms with E-state index < -0.39 is 0 Å². The smallest absolute Gasteiger partial charge is 0.255 e. The lowest BCUT2D eigenvalue weighted by Gasteiger charge is -2.17. The standard InChI is InChI=1S/C24H22N2O3/c1-13-3-8-18(11-14(13)2)25-22(27)15-6-9-19(10-7-15)26-23(28)20-16-4-5-17(12-16)21(20)24(26)29/h3-11,16-17,20-21H,12H2,1-2H3,(H,25,27)/t16-,17+,20+,21-. The van der Waals surface area contributed by atoms with E-state index in [4.69, 9.17) is 0 Å². The van der Waals surface area contributed by atoms with Gasteiger partial charge in [-0.3, -0.25) is 19.3 Å². The molecule has 0 spiro atoms. The zero-order valence-electron chi connectivity index (χ0n) is 16.4. The molecular formula is C24H22N2O3. The van der Waals surface area contributed by atoms with Crippen molar-refractivity contribution in [1.82, 2.24) is 0 Å². The van der Waals surface area contributed by atoms with Gasteiger partial charge in [-0.15, -0.1) is 0 Å². The maximum absolute atomic E-state index is 12.9. The first kappa shape index (κ1) is 17.9. The first-order chi connectivity index (χ1) is 13.9. The molecule has 2 fully saturated rings. The van der Waals surface area contributed by atoms with Crippen molar-refractivity contribution in [2.45, 2.75) is 20.3 Å². The quantitative estimate of drug-likeness (QED) is 0.643. The Labute approximate surface area is 169 Å². The second-order valence-electron chi connectivity index (χ2n) is 8.31. The molecule has 29 heavy (non-hydrogen) atoms. The molecule has 1 aliphatic heterocycles. The van der Waals surface area contributed by atoms with Gasteiger partial charge in [-0.05, 0) is 79.6 Å². The molecule has 5 rings (SSSR count). The van der Waals surface area contributed by atoms with E-state index in [0.29, 0.717) is 11.3 Å². The van der Waals surface area contributed by atoms with Gasteiger partial charge in [-0.2, -0.15) is 0 Å². The van der Waals surface area contributed by atoms with Crippen LogP contribution in [0, 0.1) is 37.5 Å². The van der Waals surface area contributed by atoms with Crippen LogP contribution in [0.3, 0.4) is 0 Å². The first-order valence-corrected chi connectivity index (χ1v) is 9.99. The lowest BCUT2D eigenvalue weighted by atomic mass is 9.85. The van der Waals surface area contributed by atoms with Gasteiger partial charge < -0.3 is 5.32 Å². The highest BCUT2D eigenvalue weighted by Crippen LogP contribution is 2.53. The van der Waals surface area contributed by atoms with Gasteiger partial charge in [-0.1, -0.05) is 18.2 Å². The molecule has 1 saturated heterocycles. The second kappa shape index (κ2) is 6.41. The fourth-order valence-electron chi connectivity index (χ4n) is 4.94. The monoisotopic (exact) mass is 386 g/mol. The van der Waals surface area contributed by atoms with Gasteiger partial charge in [0.1, 0.15) is 0 Å². The zero-order chi connectivity index (χ0) is 20.3. The summed E-state index contributed by atoms with van der Waals surface area (Å²) in [5, 5.41) is 2.89. The van der Waals surface area contributed by atoms with Crippen molar-refractivity contribution in [2.75, 3.05) is 10.2 Å². The van der Waals surface area contributed by atoms with Crippen molar-refractivity contribution in [1.29, 1.82) is 0 Å². The summed E-state index contributed by atoms with van der Waals surface area (Å²) in [6.07, 6.45) is 5.08. The summed E-state index contributed by atoms with van der Waals surface area (Å²) in [6, 6.07) is 12.5. The molecular weight excluding hydrogens is 364 g/mol. The third kappa shape index (κ3) is 2.72. The summed E-state index contributed by atoms with van der Waals surface area (Å²) in [5.74, 6) is -0.495. The summed E-state index contributed by atoms with van der Waals surface area (Å²) in [5.41, 5.74) is 4.03. The van der Waals surface area contributed by atoms with Crippen LogP contribution in [0.2, 0.25) is 0 Å². The Hall–Kier alpha value is -3.21. The number of carbonyl (C=O) groups is 3. The molecule has 1 heterocycles. The molecule has 2 aliphatic carbocycles. The minimum absolute atomic E-state index is 0.107. The number of hydrogen-bond acceptors (Lipinski definition) is 3. The van der Waals surface area contributed by atoms with E-state index in [1.807, 2.05) is 32.0 Å². The number of hydrogen-bond donors (Lipinski definition) is 1. The van der Waals surface area contributed by atoms with Gasteiger partial charge in [0.15, 0.2) is 0 Å². The number of nitrogens with one attached hydrogen (secondary N) is 1. The summed E-state index contributed by atoms with van der Waals surface area (Å²) in [4.78, 5) is 39.7. The SMILES string of the molecule is Cc1ccc(NC(=O)c2ccc(N3C(=O)[C@@H]4[C@H](C3=O)[C@H]3C=C[C@@H]4C3)cc2)cc1C. The van der Waals surface area contributed by atoms with E-state index in [2.05, 4.69) is 17.5 Å². The average molecular weight is 386 g/mol. The molecule has 2 bridgehead atoms. The maximum Gasteiger partial charge on any atom is 0.255 e. The zero-order valence-corrected chi connectivity index (χ0v) is 16.4. The van der Waals surface area contributed by atoms with Crippen LogP contribution in [0.25, 0.3) is 0 Å². The van der Waals surface area contributed by atoms with Crippen LogP contribution in [0.5, 0.6) is 0 Å². The van der Waals surface area contributed by atoms with Crippen LogP contribution in [-0.2, 0) is 9.59 Å². The summed E-state index contributed by atoms with van der Waals surface area (Å²) < 4.78 is 0. The third-order valence-electron chi connectivity index (χ3n) is 6.62. The largest absolute Gasteiger partial charge is 0.322 e. The molecule has 0 aromatic heterocycles. The first-order valence-electron chi connectivity index (χ1n) is 9.99. The molecule has 1 saturated carbocycles. The predicted molar refractivity (Wildman–Crippen MR) is 111 cm³/mol. The van der Waals surface area contributed by atoms with Gasteiger partial charge in [0, 0.05) is 11.3 Å². The third-order valence-corrected chi connectivity index (χ3v) is 6.62. The van der Waals surface area contributed by atoms with Gasteiger partial charge >= 0.3 is 0 Å². The minimum atomic E-state index is -0.224. The Bertz CT molecular complexity index is 1040. The van der Waals surface area contributed by atoms with Gasteiger partial charge in [-0.25, -0.2) is 0 Å². The van der Waals surface area contributed by atoms with Crippen LogP contribution < -0.4 is 10.2 Å². The number of amides is 3. The van der Waals surface area contributed by atoms with E-state index in [1.54, 1.807) is 24.3 Å². The Balaban J connectivity index is 1.34. The fourth-order valence-corrected chi connectivity index (χ4v) is 4.94. The van der Waals surface area contributed by atoms with Crippen LogP contribution in [0.1, 0.15) is 27.9 Å². The molecule has 5 heteroatoms. The van der Waals surface area contributed by atoms with Crippen molar-refractivity contribution < 1.29 is 14.4 Å². The van der Waals surface area contributed by atoms with Crippen molar-refractivity contribution in [3.63, 3.8) is 0 Å². The molecule has 0 radical (unpaired) electrons. The molecule has 1 N–H and O–H groups in total. The van der Waals surface area contributed by atoms with Gasteiger partial charge in [0.2, 0.25) is 11.8 Å². The molecule has 146 valence electrons. The summed E-state index contributed by atoms with van der Waals surface area (Å²) in [6.45, 7) is 4.02. The van der Waals surface area contributed by atoms with Crippen LogP contribution in [-0.4, -0.2) is 17.7 Å². The number of rotatable bonds is 3. The highest BCUT2D eigenvalue weighted by molar-refractivity contribution is 6.23. The molecule has 3 aliphatic rings. The normalized spacial score (nSPS) is 26.9. The van der Waals surface area contributed by atoms with Crippen molar-refractivity contribution in [3.8, 4) is 0 Å². The lowest BCUT2D eigenvalue weighted by molar-refractivity contribution is -0.123. The molecule has 3 amide bonds. The Morgan fingerprint density at radius 3 is 2.10 bits per heavy atom. The Morgan fingerprint density at radius 1 is 0.897 bits per heavy atom. The van der Waals surface area contributed by atoms with Crippen molar-refractivity contribution >= 4 is 29.1 Å². The number of imide groups is 1. The van der Waals surface area contributed by atoms with E-state index in [9.17, 15) is 14.4 Å². The minimum Gasteiger partial charge on any atom is -0.322 e. The fraction of sp³-hybridized carbons (Fsp3) is 0.292. The topological polar surface area (TPSA) is 66.5 Å². The number of anilines is 2. The number of nitrogens with zero attached hydrogens (tertiary/aromatic N) is 1. The number of allylic oxidation sites excluding steroid dienone is 2. The number of carbonyl (C=O) groups excluding carboxylic acids is 3. The van der Waals surface area contributed by atoms with E-state index >= 15 is 0 Å².